The highest BCUT2D eigenvalue weighted by atomic mass is 16.6. The van der Waals surface area contributed by atoms with Crippen molar-refractivity contribution in [3.8, 4) is 11.5 Å². The van der Waals surface area contributed by atoms with E-state index < -0.39 is 4.92 Å². The van der Waals surface area contributed by atoms with Crippen LogP contribution in [0.1, 0.15) is 37.8 Å². The molecule has 158 valence electrons. The van der Waals surface area contributed by atoms with Gasteiger partial charge in [-0.2, -0.15) is 5.10 Å². The zero-order chi connectivity index (χ0) is 21.7. The van der Waals surface area contributed by atoms with Gasteiger partial charge in [0.2, 0.25) is 5.91 Å². The van der Waals surface area contributed by atoms with E-state index in [4.69, 9.17) is 9.47 Å². The van der Waals surface area contributed by atoms with Crippen LogP contribution in [0.3, 0.4) is 0 Å². The second-order valence-corrected chi connectivity index (χ2v) is 6.97. The molecule has 0 saturated heterocycles. The SMILES string of the molecule is CCOc1ccc(C2=NN(Cc3ccc([N+](=O)[O-])cc3)C(=O)CC2CC)cc1OC. The minimum atomic E-state index is -0.447. The molecular formula is C22H25N3O5. The quantitative estimate of drug-likeness (QED) is 0.480. The Labute approximate surface area is 175 Å². The highest BCUT2D eigenvalue weighted by Crippen LogP contribution is 2.32. The lowest BCUT2D eigenvalue weighted by Crippen LogP contribution is -2.36. The predicted octanol–water partition coefficient (Wildman–Crippen LogP) is 4.16. The number of methoxy groups -OCH3 is 1. The summed E-state index contributed by atoms with van der Waals surface area (Å²) in [7, 11) is 1.59. The van der Waals surface area contributed by atoms with Gasteiger partial charge in [0.15, 0.2) is 11.5 Å². The Morgan fingerprint density at radius 1 is 1.17 bits per heavy atom. The third kappa shape index (κ3) is 4.59. The van der Waals surface area contributed by atoms with Gasteiger partial charge in [0.05, 0.1) is 30.9 Å². The molecule has 1 aliphatic rings. The van der Waals surface area contributed by atoms with E-state index in [1.165, 1.54) is 17.1 Å². The number of hydrogen-bond acceptors (Lipinski definition) is 6. The number of non-ortho nitro benzene ring substituents is 1. The molecule has 0 aliphatic carbocycles. The van der Waals surface area contributed by atoms with E-state index in [1.807, 2.05) is 32.0 Å². The molecule has 30 heavy (non-hydrogen) atoms. The number of hydrazone groups is 1. The van der Waals surface area contributed by atoms with Crippen LogP contribution in [0.2, 0.25) is 0 Å². The number of ether oxygens (including phenoxy) is 2. The van der Waals surface area contributed by atoms with Crippen LogP contribution in [-0.4, -0.2) is 35.3 Å². The Morgan fingerprint density at radius 3 is 2.50 bits per heavy atom. The smallest absolute Gasteiger partial charge is 0.269 e. The van der Waals surface area contributed by atoms with Gasteiger partial charge in [0.1, 0.15) is 0 Å². The first-order valence-electron chi connectivity index (χ1n) is 9.90. The summed E-state index contributed by atoms with van der Waals surface area (Å²) in [5.74, 6) is 1.22. The summed E-state index contributed by atoms with van der Waals surface area (Å²) >= 11 is 0. The molecule has 8 heteroatoms. The van der Waals surface area contributed by atoms with Gasteiger partial charge in [-0.05, 0) is 37.1 Å². The highest BCUT2D eigenvalue weighted by Gasteiger charge is 2.29. The maximum absolute atomic E-state index is 12.6. The number of hydrogen-bond donors (Lipinski definition) is 0. The number of nitro groups is 1. The molecule has 0 fully saturated rings. The third-order valence-corrected chi connectivity index (χ3v) is 5.06. The van der Waals surface area contributed by atoms with Crippen molar-refractivity contribution in [2.45, 2.75) is 33.2 Å². The van der Waals surface area contributed by atoms with Crippen molar-refractivity contribution >= 4 is 17.3 Å². The molecule has 2 aromatic rings. The number of benzene rings is 2. The van der Waals surface area contributed by atoms with Gasteiger partial charge in [0.25, 0.3) is 5.69 Å². The van der Waals surface area contributed by atoms with Crippen LogP contribution in [0.4, 0.5) is 5.69 Å². The fraction of sp³-hybridized carbons (Fsp3) is 0.364. The molecule has 1 unspecified atom stereocenters. The maximum atomic E-state index is 12.6. The number of nitrogens with zero attached hydrogens (tertiary/aromatic N) is 3. The standard InChI is InChI=1S/C22H25N3O5/c1-4-16-13-21(26)24(14-15-6-9-18(10-7-15)25(27)28)23-22(16)17-8-11-19(30-5-2)20(12-17)29-3/h6-12,16H,4-5,13-14H2,1-3H3. The van der Waals surface area contributed by atoms with Gasteiger partial charge in [-0.25, -0.2) is 5.01 Å². The van der Waals surface area contributed by atoms with Gasteiger partial charge < -0.3 is 9.47 Å². The summed E-state index contributed by atoms with van der Waals surface area (Å²) in [6.45, 7) is 4.73. The van der Waals surface area contributed by atoms with Crippen molar-refractivity contribution in [3.63, 3.8) is 0 Å². The largest absolute Gasteiger partial charge is 0.493 e. The average molecular weight is 411 g/mol. The van der Waals surface area contributed by atoms with E-state index in [-0.39, 0.29) is 24.1 Å². The van der Waals surface area contributed by atoms with Crippen LogP contribution >= 0.6 is 0 Å². The Morgan fingerprint density at radius 2 is 1.90 bits per heavy atom. The molecule has 1 atom stereocenters. The first kappa shape index (κ1) is 21.3. The lowest BCUT2D eigenvalue weighted by atomic mass is 9.89. The molecule has 2 aromatic carbocycles. The second kappa shape index (κ2) is 9.39. The number of carbonyl (C=O) groups is 1. The maximum Gasteiger partial charge on any atom is 0.269 e. The van der Waals surface area contributed by atoms with Gasteiger partial charge in [-0.1, -0.05) is 19.1 Å². The van der Waals surface area contributed by atoms with Gasteiger partial charge in [-0.15, -0.1) is 0 Å². The number of nitro benzene ring substituents is 1. The predicted molar refractivity (Wildman–Crippen MR) is 113 cm³/mol. The van der Waals surface area contributed by atoms with Crippen molar-refractivity contribution in [2.75, 3.05) is 13.7 Å². The van der Waals surface area contributed by atoms with Gasteiger partial charge in [-0.3, -0.25) is 14.9 Å². The summed E-state index contributed by atoms with van der Waals surface area (Å²) in [4.78, 5) is 23.0. The lowest BCUT2D eigenvalue weighted by Gasteiger charge is -2.29. The lowest BCUT2D eigenvalue weighted by molar-refractivity contribution is -0.384. The molecule has 1 amide bonds. The zero-order valence-electron chi connectivity index (χ0n) is 17.3. The van der Waals surface area contributed by atoms with E-state index in [1.54, 1.807) is 19.2 Å². The normalized spacial score (nSPS) is 16.2. The molecule has 0 N–H and O–H groups in total. The van der Waals surface area contributed by atoms with Gasteiger partial charge >= 0.3 is 0 Å². The zero-order valence-corrected chi connectivity index (χ0v) is 17.3. The first-order chi connectivity index (χ1) is 14.5. The molecule has 0 radical (unpaired) electrons. The van der Waals surface area contributed by atoms with Crippen molar-refractivity contribution in [1.82, 2.24) is 5.01 Å². The molecule has 0 bridgehead atoms. The third-order valence-electron chi connectivity index (χ3n) is 5.06. The van der Waals surface area contributed by atoms with E-state index in [2.05, 4.69) is 5.10 Å². The Balaban J connectivity index is 1.91. The fourth-order valence-electron chi connectivity index (χ4n) is 3.43. The Hall–Kier alpha value is -3.42. The second-order valence-electron chi connectivity index (χ2n) is 6.97. The monoisotopic (exact) mass is 411 g/mol. The summed E-state index contributed by atoms with van der Waals surface area (Å²) < 4.78 is 11.0. The van der Waals surface area contributed by atoms with E-state index in [0.29, 0.717) is 24.5 Å². The summed E-state index contributed by atoms with van der Waals surface area (Å²) in [5, 5.41) is 16.9. The van der Waals surface area contributed by atoms with E-state index in [9.17, 15) is 14.9 Å². The summed E-state index contributed by atoms with van der Waals surface area (Å²) in [5.41, 5.74) is 2.49. The summed E-state index contributed by atoms with van der Waals surface area (Å²) in [6, 6.07) is 11.8. The molecule has 0 aromatic heterocycles. The molecule has 1 heterocycles. The Bertz CT molecular complexity index is 956. The highest BCUT2D eigenvalue weighted by molar-refractivity contribution is 6.06. The van der Waals surface area contributed by atoms with E-state index in [0.717, 1.165) is 23.3 Å². The Kier molecular flexibility index (Phi) is 6.66. The minimum absolute atomic E-state index is 0.00765. The average Bonchev–Trinajstić information content (AvgIpc) is 2.75. The molecule has 0 spiro atoms. The molecular weight excluding hydrogens is 386 g/mol. The van der Waals surface area contributed by atoms with Gasteiger partial charge in [0, 0.05) is 30.0 Å². The summed E-state index contributed by atoms with van der Waals surface area (Å²) in [6.07, 6.45) is 1.14. The minimum Gasteiger partial charge on any atom is -0.493 e. The number of carbonyl (C=O) groups excluding carboxylic acids is 1. The molecule has 8 nitrogen and oxygen atoms in total. The number of amides is 1. The first-order valence-corrected chi connectivity index (χ1v) is 9.90. The molecule has 0 saturated carbocycles. The van der Waals surface area contributed by atoms with E-state index >= 15 is 0 Å². The van der Waals surface area contributed by atoms with Crippen molar-refractivity contribution < 1.29 is 19.2 Å². The van der Waals surface area contributed by atoms with Crippen LogP contribution in [0, 0.1) is 16.0 Å². The molecule has 3 rings (SSSR count). The number of rotatable bonds is 8. The van der Waals surface area contributed by atoms with Crippen LogP contribution in [0.25, 0.3) is 0 Å². The van der Waals surface area contributed by atoms with Crippen LogP contribution in [-0.2, 0) is 11.3 Å². The van der Waals surface area contributed by atoms with Crippen molar-refractivity contribution in [2.24, 2.45) is 11.0 Å². The van der Waals surface area contributed by atoms with Crippen molar-refractivity contribution in [1.29, 1.82) is 0 Å². The van der Waals surface area contributed by atoms with Crippen LogP contribution < -0.4 is 9.47 Å². The molecule has 1 aliphatic heterocycles. The van der Waals surface area contributed by atoms with Crippen LogP contribution in [0.5, 0.6) is 11.5 Å². The van der Waals surface area contributed by atoms with Crippen molar-refractivity contribution in [3.05, 3.63) is 63.7 Å². The topological polar surface area (TPSA) is 94.3 Å². The van der Waals surface area contributed by atoms with Crippen LogP contribution in [0.15, 0.2) is 47.6 Å². The fourth-order valence-corrected chi connectivity index (χ4v) is 3.43.